The topological polar surface area (TPSA) is 68.3 Å². The van der Waals surface area contributed by atoms with Crippen molar-refractivity contribution in [3.05, 3.63) is 94.0 Å². The van der Waals surface area contributed by atoms with Crippen LogP contribution in [0.25, 0.3) is 22.2 Å². The molecule has 0 saturated heterocycles. The van der Waals surface area contributed by atoms with Crippen LogP contribution in [-0.2, 0) is 9.53 Å². The number of aromatic nitrogens is 1. The number of hydrogen-bond donors (Lipinski definition) is 1. The Bertz CT molecular complexity index is 1360. The zero-order valence-electron chi connectivity index (χ0n) is 17.9. The number of para-hydroxylation sites is 1. The predicted octanol–water partition coefficient (Wildman–Crippen LogP) is 6.70. The Hall–Kier alpha value is -3.41. The first kappa shape index (κ1) is 22.8. The molecule has 33 heavy (non-hydrogen) atoms. The number of hydrogen-bond acceptors (Lipinski definition) is 4. The number of nitrogens with zero attached hydrogens (tertiary/aromatic N) is 1. The molecule has 0 aliphatic carbocycles. The van der Waals surface area contributed by atoms with Gasteiger partial charge in [0, 0.05) is 10.9 Å². The van der Waals surface area contributed by atoms with E-state index in [0.29, 0.717) is 38.4 Å². The van der Waals surface area contributed by atoms with Gasteiger partial charge in [-0.3, -0.25) is 4.79 Å². The summed E-state index contributed by atoms with van der Waals surface area (Å²) in [6, 6.07) is 21.9. The van der Waals surface area contributed by atoms with Crippen LogP contribution in [0.2, 0.25) is 10.0 Å². The van der Waals surface area contributed by atoms with Crippen molar-refractivity contribution in [3.63, 3.8) is 0 Å². The van der Waals surface area contributed by atoms with Crippen LogP contribution in [0.1, 0.15) is 22.8 Å². The van der Waals surface area contributed by atoms with Gasteiger partial charge in [-0.25, -0.2) is 9.78 Å². The molecule has 7 heteroatoms. The van der Waals surface area contributed by atoms with E-state index >= 15 is 0 Å². The Labute approximate surface area is 201 Å². The minimum atomic E-state index is -1.07. The average Bonchev–Trinajstić information content (AvgIpc) is 2.82. The number of esters is 1. The van der Waals surface area contributed by atoms with Gasteiger partial charge in [0.1, 0.15) is 0 Å². The van der Waals surface area contributed by atoms with Gasteiger partial charge in [-0.05, 0) is 37.6 Å². The number of fused-ring (bicyclic) bond motifs is 1. The molecule has 1 heterocycles. The zero-order chi connectivity index (χ0) is 23.5. The fourth-order valence-electron chi connectivity index (χ4n) is 3.56. The molecule has 1 N–H and O–H groups in total. The van der Waals surface area contributed by atoms with Crippen LogP contribution in [0.5, 0.6) is 0 Å². The quantitative estimate of drug-likeness (QED) is 0.324. The fourth-order valence-corrected chi connectivity index (χ4v) is 3.90. The van der Waals surface area contributed by atoms with E-state index in [-0.39, 0.29) is 5.02 Å². The van der Waals surface area contributed by atoms with Crippen LogP contribution < -0.4 is 5.32 Å². The maximum Gasteiger partial charge on any atom is 0.339 e. The summed E-state index contributed by atoms with van der Waals surface area (Å²) in [6.07, 6.45) is -1.07. The first-order valence-corrected chi connectivity index (χ1v) is 11.0. The van der Waals surface area contributed by atoms with E-state index in [4.69, 9.17) is 32.9 Å². The minimum absolute atomic E-state index is 0.217. The largest absolute Gasteiger partial charge is 0.449 e. The van der Waals surface area contributed by atoms with Crippen molar-refractivity contribution in [1.29, 1.82) is 0 Å². The Kier molecular flexibility index (Phi) is 6.63. The van der Waals surface area contributed by atoms with Crippen molar-refractivity contribution in [2.45, 2.75) is 20.0 Å². The van der Waals surface area contributed by atoms with Crippen LogP contribution in [0, 0.1) is 6.92 Å². The highest BCUT2D eigenvalue weighted by Crippen LogP contribution is 2.31. The van der Waals surface area contributed by atoms with Gasteiger partial charge in [-0.15, -0.1) is 0 Å². The van der Waals surface area contributed by atoms with Gasteiger partial charge < -0.3 is 10.1 Å². The number of anilines is 1. The normalized spacial score (nSPS) is 11.8. The molecule has 0 bridgehead atoms. The monoisotopic (exact) mass is 478 g/mol. The summed E-state index contributed by atoms with van der Waals surface area (Å²) in [5, 5.41) is 3.84. The van der Waals surface area contributed by atoms with Gasteiger partial charge in [0.25, 0.3) is 5.91 Å². The lowest BCUT2D eigenvalue weighted by molar-refractivity contribution is -0.123. The summed E-state index contributed by atoms with van der Waals surface area (Å²) < 4.78 is 5.57. The van der Waals surface area contributed by atoms with Crippen molar-refractivity contribution in [2.75, 3.05) is 5.32 Å². The summed E-state index contributed by atoms with van der Waals surface area (Å²) in [4.78, 5) is 30.7. The number of halogens is 2. The highest BCUT2D eigenvalue weighted by atomic mass is 35.5. The maximum atomic E-state index is 13.3. The van der Waals surface area contributed by atoms with Gasteiger partial charge in [0.15, 0.2) is 6.10 Å². The molecule has 5 nitrogen and oxygen atoms in total. The van der Waals surface area contributed by atoms with E-state index in [1.165, 1.54) is 6.92 Å². The molecule has 1 aromatic heterocycles. The highest BCUT2D eigenvalue weighted by Gasteiger charge is 2.25. The molecule has 0 spiro atoms. The molecule has 0 radical (unpaired) electrons. The summed E-state index contributed by atoms with van der Waals surface area (Å²) in [7, 11) is 0. The first-order valence-electron chi connectivity index (χ1n) is 10.3. The third kappa shape index (κ3) is 4.70. The van der Waals surface area contributed by atoms with E-state index in [1.807, 2.05) is 61.5 Å². The van der Waals surface area contributed by atoms with E-state index in [9.17, 15) is 9.59 Å². The third-order valence-corrected chi connectivity index (χ3v) is 6.07. The van der Waals surface area contributed by atoms with Crippen LogP contribution >= 0.6 is 23.2 Å². The predicted molar refractivity (Wildman–Crippen MR) is 132 cm³/mol. The number of amides is 1. The van der Waals surface area contributed by atoms with Crippen molar-refractivity contribution in [2.24, 2.45) is 0 Å². The van der Waals surface area contributed by atoms with Crippen molar-refractivity contribution in [3.8, 4) is 11.3 Å². The number of benzene rings is 3. The lowest BCUT2D eigenvalue weighted by atomic mass is 9.98. The molecule has 4 rings (SSSR count). The van der Waals surface area contributed by atoms with Crippen LogP contribution in [0.15, 0.2) is 72.8 Å². The molecule has 3 aromatic carbocycles. The molecule has 0 fully saturated rings. The summed E-state index contributed by atoms with van der Waals surface area (Å²) in [5.41, 5.74) is 3.63. The van der Waals surface area contributed by atoms with E-state index in [2.05, 4.69) is 5.32 Å². The molecule has 0 unspecified atom stereocenters. The molecule has 0 aliphatic rings. The van der Waals surface area contributed by atoms with Gasteiger partial charge >= 0.3 is 5.97 Å². The van der Waals surface area contributed by atoms with E-state index in [0.717, 1.165) is 5.56 Å². The molecular formula is C26H20Cl2N2O3. The Morgan fingerprint density at radius 3 is 2.39 bits per heavy atom. The molecule has 0 saturated carbocycles. The van der Waals surface area contributed by atoms with Crippen molar-refractivity contribution < 1.29 is 14.3 Å². The molecule has 1 atom stereocenters. The van der Waals surface area contributed by atoms with Gasteiger partial charge in [0.05, 0.1) is 32.5 Å². The SMILES string of the molecule is Cc1c(-c2ccccc2)nc2ccccc2c1C(=O)O[C@H](C)C(=O)Nc1cccc(Cl)c1Cl. The minimum Gasteiger partial charge on any atom is -0.449 e. The van der Waals surface area contributed by atoms with Crippen molar-refractivity contribution in [1.82, 2.24) is 4.98 Å². The second kappa shape index (κ2) is 9.61. The molecule has 0 aliphatic heterocycles. The van der Waals surface area contributed by atoms with Crippen LogP contribution in [0.4, 0.5) is 5.69 Å². The van der Waals surface area contributed by atoms with Gasteiger partial charge in [-0.1, -0.05) is 77.8 Å². The number of nitrogens with one attached hydrogen (secondary N) is 1. The zero-order valence-corrected chi connectivity index (χ0v) is 19.4. The van der Waals surface area contributed by atoms with Crippen LogP contribution in [-0.4, -0.2) is 23.0 Å². The second-order valence-electron chi connectivity index (χ2n) is 7.48. The van der Waals surface area contributed by atoms with Gasteiger partial charge in [-0.2, -0.15) is 0 Å². The average molecular weight is 479 g/mol. The standard InChI is InChI=1S/C26H20Cl2N2O3/c1-15-22(18-11-6-7-13-20(18)29-24(15)17-9-4-3-5-10-17)26(32)33-16(2)25(31)30-21-14-8-12-19(27)23(21)28/h3-14,16H,1-2H3,(H,30,31)/t16-/m1/s1. The molecular weight excluding hydrogens is 459 g/mol. The number of ether oxygens (including phenoxy) is 1. The number of pyridine rings is 1. The maximum absolute atomic E-state index is 13.3. The van der Waals surface area contributed by atoms with Crippen molar-refractivity contribution >= 4 is 51.7 Å². The Balaban J connectivity index is 1.65. The molecule has 4 aromatic rings. The number of carbonyl (C=O) groups excluding carboxylic acids is 2. The second-order valence-corrected chi connectivity index (χ2v) is 8.27. The summed E-state index contributed by atoms with van der Waals surface area (Å²) >= 11 is 12.1. The highest BCUT2D eigenvalue weighted by molar-refractivity contribution is 6.44. The van der Waals surface area contributed by atoms with E-state index < -0.39 is 18.0 Å². The number of rotatable bonds is 5. The first-order chi connectivity index (χ1) is 15.9. The summed E-state index contributed by atoms with van der Waals surface area (Å²) in [6.45, 7) is 3.33. The number of carbonyl (C=O) groups is 2. The molecule has 1 amide bonds. The van der Waals surface area contributed by atoms with Gasteiger partial charge in [0.2, 0.25) is 0 Å². The fraction of sp³-hybridized carbons (Fsp3) is 0.115. The van der Waals surface area contributed by atoms with Crippen LogP contribution in [0.3, 0.4) is 0 Å². The summed E-state index contributed by atoms with van der Waals surface area (Å²) in [5.74, 6) is -1.13. The Morgan fingerprint density at radius 2 is 1.64 bits per heavy atom. The lowest BCUT2D eigenvalue weighted by Crippen LogP contribution is -2.30. The lowest BCUT2D eigenvalue weighted by Gasteiger charge is -2.17. The Morgan fingerprint density at radius 1 is 0.939 bits per heavy atom. The third-order valence-electron chi connectivity index (χ3n) is 5.25. The molecule has 166 valence electrons. The van der Waals surface area contributed by atoms with E-state index in [1.54, 1.807) is 18.2 Å². The smallest absolute Gasteiger partial charge is 0.339 e.